The van der Waals surface area contributed by atoms with Crippen molar-refractivity contribution in [1.29, 1.82) is 0 Å². The lowest BCUT2D eigenvalue weighted by Crippen LogP contribution is -2.24. The van der Waals surface area contributed by atoms with Crippen LogP contribution >= 0.6 is 11.8 Å². The molecule has 0 unspecified atom stereocenters. The second-order valence-corrected chi connectivity index (χ2v) is 6.42. The second kappa shape index (κ2) is 9.18. The molecule has 1 heterocycles. The number of amides is 1. The lowest BCUT2D eigenvalue weighted by Gasteiger charge is -2.06. The molecule has 1 aromatic heterocycles. The summed E-state index contributed by atoms with van der Waals surface area (Å²) in [7, 11) is 0. The van der Waals surface area contributed by atoms with Gasteiger partial charge in [0.05, 0.1) is 17.9 Å². The molecular weight excluding hydrogens is 369 g/mol. The van der Waals surface area contributed by atoms with Crippen LogP contribution in [0.25, 0.3) is 11.5 Å². The van der Waals surface area contributed by atoms with Gasteiger partial charge in [-0.3, -0.25) is 4.79 Å². The van der Waals surface area contributed by atoms with Crippen LogP contribution in [0.1, 0.15) is 12.5 Å². The number of carbonyl (C=O) groups is 1. The number of halogens is 1. The zero-order valence-corrected chi connectivity index (χ0v) is 15.5. The van der Waals surface area contributed by atoms with Gasteiger partial charge >= 0.3 is 0 Å². The Hall–Kier alpha value is -2.87. The van der Waals surface area contributed by atoms with Gasteiger partial charge in [0.25, 0.3) is 11.1 Å². The second-order valence-electron chi connectivity index (χ2n) is 5.49. The SMILES string of the molecule is CCOc1ccccc1-c1nnc(SCC(=O)NCc2ccc(F)cc2)o1. The Morgan fingerprint density at radius 2 is 1.96 bits per heavy atom. The van der Waals surface area contributed by atoms with E-state index in [-0.39, 0.29) is 17.5 Å². The van der Waals surface area contributed by atoms with Crippen LogP contribution in [-0.4, -0.2) is 28.5 Å². The summed E-state index contributed by atoms with van der Waals surface area (Å²) in [5.74, 6) is 0.652. The summed E-state index contributed by atoms with van der Waals surface area (Å²) in [6.45, 7) is 2.76. The van der Waals surface area contributed by atoms with Crippen molar-refractivity contribution in [2.24, 2.45) is 0 Å². The van der Waals surface area contributed by atoms with Crippen molar-refractivity contribution in [1.82, 2.24) is 15.5 Å². The molecule has 2 aromatic carbocycles. The van der Waals surface area contributed by atoms with E-state index < -0.39 is 0 Å². The fraction of sp³-hybridized carbons (Fsp3) is 0.211. The smallest absolute Gasteiger partial charge is 0.277 e. The Kier molecular flexibility index (Phi) is 6.43. The quantitative estimate of drug-likeness (QED) is 0.594. The highest BCUT2D eigenvalue weighted by atomic mass is 32.2. The molecule has 0 aliphatic carbocycles. The molecular formula is C19H18FN3O3S. The van der Waals surface area contributed by atoms with E-state index in [0.29, 0.717) is 35.6 Å². The van der Waals surface area contributed by atoms with Crippen molar-refractivity contribution in [3.05, 3.63) is 59.9 Å². The van der Waals surface area contributed by atoms with Gasteiger partial charge < -0.3 is 14.5 Å². The first-order chi connectivity index (χ1) is 13.2. The number of ether oxygens (including phenoxy) is 1. The van der Waals surface area contributed by atoms with Gasteiger partial charge in [-0.05, 0) is 36.8 Å². The van der Waals surface area contributed by atoms with Crippen LogP contribution in [0.2, 0.25) is 0 Å². The Morgan fingerprint density at radius 1 is 1.19 bits per heavy atom. The number of carbonyl (C=O) groups excluding carboxylic acids is 1. The molecule has 0 spiro atoms. The molecule has 3 rings (SSSR count). The molecule has 6 nitrogen and oxygen atoms in total. The molecule has 0 bridgehead atoms. The maximum absolute atomic E-state index is 12.9. The van der Waals surface area contributed by atoms with Gasteiger partial charge in [0.15, 0.2) is 0 Å². The van der Waals surface area contributed by atoms with Crippen LogP contribution in [0.4, 0.5) is 4.39 Å². The molecule has 0 saturated heterocycles. The molecule has 27 heavy (non-hydrogen) atoms. The minimum Gasteiger partial charge on any atom is -0.493 e. The summed E-state index contributed by atoms with van der Waals surface area (Å²) in [4.78, 5) is 12.0. The number of aromatic nitrogens is 2. The number of hydrogen-bond donors (Lipinski definition) is 1. The van der Waals surface area contributed by atoms with Gasteiger partial charge in [0, 0.05) is 6.54 Å². The van der Waals surface area contributed by atoms with E-state index in [1.54, 1.807) is 12.1 Å². The van der Waals surface area contributed by atoms with Crippen LogP contribution in [0.5, 0.6) is 5.75 Å². The van der Waals surface area contributed by atoms with Crippen molar-refractivity contribution in [2.45, 2.75) is 18.7 Å². The van der Waals surface area contributed by atoms with Crippen LogP contribution < -0.4 is 10.1 Å². The largest absolute Gasteiger partial charge is 0.493 e. The standard InChI is InChI=1S/C19H18FN3O3S/c1-2-25-16-6-4-3-5-15(16)18-22-23-19(26-18)27-12-17(24)21-11-13-7-9-14(20)10-8-13/h3-10H,2,11-12H2,1H3,(H,21,24). The summed E-state index contributed by atoms with van der Waals surface area (Å²) in [6, 6.07) is 13.4. The van der Waals surface area contributed by atoms with Gasteiger partial charge in [-0.15, -0.1) is 10.2 Å². The third-order valence-corrected chi connectivity index (χ3v) is 4.37. The first-order valence-corrected chi connectivity index (χ1v) is 9.34. The summed E-state index contributed by atoms with van der Waals surface area (Å²) >= 11 is 1.15. The van der Waals surface area contributed by atoms with Crippen LogP contribution in [0.3, 0.4) is 0 Å². The summed E-state index contributed by atoms with van der Waals surface area (Å²) in [5, 5.41) is 11.0. The predicted molar refractivity (Wildman–Crippen MR) is 99.9 cm³/mol. The number of hydrogen-bond acceptors (Lipinski definition) is 6. The maximum Gasteiger partial charge on any atom is 0.277 e. The minimum atomic E-state index is -0.307. The number of nitrogens with one attached hydrogen (secondary N) is 1. The van der Waals surface area contributed by atoms with E-state index in [2.05, 4.69) is 15.5 Å². The van der Waals surface area contributed by atoms with E-state index >= 15 is 0 Å². The molecule has 0 aliphatic rings. The molecule has 0 radical (unpaired) electrons. The molecule has 8 heteroatoms. The fourth-order valence-electron chi connectivity index (χ4n) is 2.28. The van der Waals surface area contributed by atoms with E-state index in [1.165, 1.54) is 12.1 Å². The normalized spacial score (nSPS) is 10.6. The molecule has 0 aliphatic heterocycles. The maximum atomic E-state index is 12.9. The van der Waals surface area contributed by atoms with E-state index in [0.717, 1.165) is 17.3 Å². The Bertz CT molecular complexity index is 899. The molecule has 0 fully saturated rings. The lowest BCUT2D eigenvalue weighted by molar-refractivity contribution is -0.118. The highest BCUT2D eigenvalue weighted by Gasteiger charge is 2.14. The monoisotopic (exact) mass is 387 g/mol. The molecule has 3 aromatic rings. The zero-order valence-electron chi connectivity index (χ0n) is 14.6. The van der Waals surface area contributed by atoms with Crippen molar-refractivity contribution in [2.75, 3.05) is 12.4 Å². The first-order valence-electron chi connectivity index (χ1n) is 8.35. The number of rotatable bonds is 8. The van der Waals surface area contributed by atoms with Gasteiger partial charge in [0.1, 0.15) is 11.6 Å². The topological polar surface area (TPSA) is 77.2 Å². The minimum absolute atomic E-state index is 0.135. The van der Waals surface area contributed by atoms with Crippen LogP contribution in [0.15, 0.2) is 58.2 Å². The molecule has 1 N–H and O–H groups in total. The van der Waals surface area contributed by atoms with E-state index in [1.807, 2.05) is 31.2 Å². The highest BCUT2D eigenvalue weighted by molar-refractivity contribution is 7.99. The van der Waals surface area contributed by atoms with Gasteiger partial charge in [-0.25, -0.2) is 4.39 Å². The molecule has 140 valence electrons. The summed E-state index contributed by atoms with van der Waals surface area (Å²) in [6.07, 6.45) is 0. The van der Waals surface area contributed by atoms with Crippen LogP contribution in [-0.2, 0) is 11.3 Å². The highest BCUT2D eigenvalue weighted by Crippen LogP contribution is 2.30. The van der Waals surface area contributed by atoms with Gasteiger partial charge in [-0.2, -0.15) is 0 Å². The average molecular weight is 387 g/mol. The van der Waals surface area contributed by atoms with Crippen molar-refractivity contribution >= 4 is 17.7 Å². The summed E-state index contributed by atoms with van der Waals surface area (Å²) in [5.41, 5.74) is 1.53. The molecule has 1 amide bonds. The fourth-order valence-corrected chi connectivity index (χ4v) is 2.88. The van der Waals surface area contributed by atoms with Gasteiger partial charge in [0.2, 0.25) is 5.91 Å². The van der Waals surface area contributed by atoms with E-state index in [9.17, 15) is 9.18 Å². The summed E-state index contributed by atoms with van der Waals surface area (Å²) < 4.78 is 24.0. The van der Waals surface area contributed by atoms with Crippen molar-refractivity contribution < 1.29 is 18.3 Å². The Morgan fingerprint density at radius 3 is 2.74 bits per heavy atom. The zero-order chi connectivity index (χ0) is 19.1. The third kappa shape index (κ3) is 5.30. The number of thioether (sulfide) groups is 1. The number of nitrogens with zero attached hydrogens (tertiary/aromatic N) is 2. The van der Waals surface area contributed by atoms with Crippen molar-refractivity contribution in [3.8, 4) is 17.2 Å². The molecule has 0 saturated carbocycles. The Balaban J connectivity index is 1.53. The molecule has 0 atom stereocenters. The predicted octanol–water partition coefficient (Wildman–Crippen LogP) is 3.68. The first kappa shape index (κ1) is 18.9. The lowest BCUT2D eigenvalue weighted by atomic mass is 10.2. The average Bonchev–Trinajstić information content (AvgIpc) is 3.15. The Labute approximate surface area is 160 Å². The van der Waals surface area contributed by atoms with Crippen molar-refractivity contribution in [3.63, 3.8) is 0 Å². The van der Waals surface area contributed by atoms with E-state index in [4.69, 9.17) is 9.15 Å². The van der Waals surface area contributed by atoms with Crippen LogP contribution in [0, 0.1) is 5.82 Å². The number of benzene rings is 2. The van der Waals surface area contributed by atoms with Gasteiger partial charge in [-0.1, -0.05) is 36.0 Å². The number of para-hydroxylation sites is 1. The third-order valence-electron chi connectivity index (χ3n) is 3.55.